The van der Waals surface area contributed by atoms with Crippen LogP contribution in [0.5, 0.6) is 0 Å². The van der Waals surface area contributed by atoms with Crippen LogP contribution in [0.4, 0.5) is 0 Å². The molecule has 0 amide bonds. The molecule has 2 aromatic rings. The van der Waals surface area contributed by atoms with E-state index in [0.29, 0.717) is 5.56 Å². The fourth-order valence-electron chi connectivity index (χ4n) is 1.57. The minimum atomic E-state index is 0.650. The van der Waals surface area contributed by atoms with E-state index >= 15 is 0 Å². The Labute approximate surface area is 94.4 Å². The first kappa shape index (κ1) is 10.3. The van der Waals surface area contributed by atoms with E-state index in [4.69, 9.17) is 5.26 Å². The lowest BCUT2D eigenvalue weighted by Crippen LogP contribution is -1.93. The van der Waals surface area contributed by atoms with Gasteiger partial charge < -0.3 is 0 Å². The Morgan fingerprint density at radius 1 is 1.25 bits per heavy atom. The summed E-state index contributed by atoms with van der Waals surface area (Å²) in [4.78, 5) is 8.26. The molecule has 2 heterocycles. The molecule has 0 N–H and O–H groups in total. The van der Waals surface area contributed by atoms with Crippen LogP contribution in [-0.4, -0.2) is 9.97 Å². The van der Waals surface area contributed by atoms with E-state index < -0.39 is 0 Å². The number of pyridine rings is 2. The van der Waals surface area contributed by atoms with Crippen molar-refractivity contribution in [2.24, 2.45) is 0 Å². The van der Waals surface area contributed by atoms with Crippen molar-refractivity contribution in [1.29, 1.82) is 5.26 Å². The topological polar surface area (TPSA) is 49.6 Å². The number of aromatic nitrogens is 2. The van der Waals surface area contributed by atoms with Crippen LogP contribution in [0.3, 0.4) is 0 Å². The van der Waals surface area contributed by atoms with E-state index in [9.17, 15) is 0 Å². The second-order valence-electron chi connectivity index (χ2n) is 3.42. The van der Waals surface area contributed by atoms with Crippen LogP contribution in [0.15, 0.2) is 36.8 Å². The first-order valence-electron chi connectivity index (χ1n) is 5.14. The average Bonchev–Trinajstić information content (AvgIpc) is 2.39. The van der Waals surface area contributed by atoms with Gasteiger partial charge in [0.05, 0.1) is 11.3 Å². The van der Waals surface area contributed by atoms with E-state index in [1.807, 2.05) is 25.1 Å². The van der Waals surface area contributed by atoms with Gasteiger partial charge in [-0.3, -0.25) is 9.97 Å². The number of nitrogens with zero attached hydrogens (tertiary/aromatic N) is 3. The maximum atomic E-state index is 9.02. The first-order chi connectivity index (χ1) is 7.85. The molecule has 2 aromatic heterocycles. The van der Waals surface area contributed by atoms with Gasteiger partial charge in [0.1, 0.15) is 6.07 Å². The predicted molar refractivity (Wildman–Crippen MR) is 61.6 cm³/mol. The molecule has 3 nitrogen and oxygen atoms in total. The van der Waals surface area contributed by atoms with Gasteiger partial charge in [0, 0.05) is 24.2 Å². The standard InChI is InChI=1S/C13H11N3/c1-2-13-11(8-14)7-12(9-16-13)10-3-5-15-6-4-10/h3-7,9H,2H2,1H3. The summed E-state index contributed by atoms with van der Waals surface area (Å²) >= 11 is 0. The van der Waals surface area contributed by atoms with Gasteiger partial charge in [-0.15, -0.1) is 0 Å². The number of hydrogen-bond acceptors (Lipinski definition) is 3. The molecule has 0 aliphatic carbocycles. The summed E-state index contributed by atoms with van der Waals surface area (Å²) in [6, 6.07) is 7.87. The van der Waals surface area contributed by atoms with Gasteiger partial charge in [-0.1, -0.05) is 6.92 Å². The van der Waals surface area contributed by atoms with Gasteiger partial charge in [-0.05, 0) is 30.2 Å². The highest BCUT2D eigenvalue weighted by atomic mass is 14.7. The molecule has 3 heteroatoms. The van der Waals surface area contributed by atoms with E-state index in [0.717, 1.165) is 23.2 Å². The van der Waals surface area contributed by atoms with E-state index in [-0.39, 0.29) is 0 Å². The zero-order chi connectivity index (χ0) is 11.4. The predicted octanol–water partition coefficient (Wildman–Crippen LogP) is 2.58. The fourth-order valence-corrected chi connectivity index (χ4v) is 1.57. The molecule has 0 saturated carbocycles. The fraction of sp³-hybridized carbons (Fsp3) is 0.154. The maximum absolute atomic E-state index is 9.02. The lowest BCUT2D eigenvalue weighted by Gasteiger charge is -2.04. The molecule has 16 heavy (non-hydrogen) atoms. The summed E-state index contributed by atoms with van der Waals surface area (Å²) in [6.07, 6.45) is 6.04. The van der Waals surface area contributed by atoms with Crippen molar-refractivity contribution >= 4 is 0 Å². The SMILES string of the molecule is CCc1ncc(-c2ccncc2)cc1C#N. The third-order valence-electron chi connectivity index (χ3n) is 2.44. The van der Waals surface area contributed by atoms with Gasteiger partial charge >= 0.3 is 0 Å². The quantitative estimate of drug-likeness (QED) is 0.763. The largest absolute Gasteiger partial charge is 0.265 e. The summed E-state index contributed by atoms with van der Waals surface area (Å²) in [5.74, 6) is 0. The van der Waals surface area contributed by atoms with Crippen LogP contribution in [0, 0.1) is 11.3 Å². The molecule has 78 valence electrons. The summed E-state index contributed by atoms with van der Waals surface area (Å²) in [7, 11) is 0. The molecular weight excluding hydrogens is 198 g/mol. The Kier molecular flexibility index (Phi) is 2.93. The third kappa shape index (κ3) is 1.91. The minimum Gasteiger partial charge on any atom is -0.265 e. The molecule has 0 atom stereocenters. The summed E-state index contributed by atoms with van der Waals surface area (Å²) in [5.41, 5.74) is 3.48. The molecule has 2 rings (SSSR count). The first-order valence-corrected chi connectivity index (χ1v) is 5.14. The van der Waals surface area contributed by atoms with Crippen molar-refractivity contribution < 1.29 is 0 Å². The van der Waals surface area contributed by atoms with Crippen LogP contribution in [0.2, 0.25) is 0 Å². The molecule has 0 aliphatic heterocycles. The zero-order valence-electron chi connectivity index (χ0n) is 9.01. The second kappa shape index (κ2) is 4.54. The minimum absolute atomic E-state index is 0.650. The van der Waals surface area contributed by atoms with Crippen molar-refractivity contribution in [1.82, 2.24) is 9.97 Å². The molecule has 0 spiro atoms. The Morgan fingerprint density at radius 2 is 2.00 bits per heavy atom. The van der Waals surface area contributed by atoms with Crippen molar-refractivity contribution in [2.75, 3.05) is 0 Å². The number of aryl methyl sites for hydroxylation is 1. The molecule has 0 aromatic carbocycles. The number of hydrogen-bond donors (Lipinski definition) is 0. The van der Waals surface area contributed by atoms with Crippen LogP contribution in [0.25, 0.3) is 11.1 Å². The highest BCUT2D eigenvalue weighted by Gasteiger charge is 2.04. The van der Waals surface area contributed by atoms with Crippen molar-refractivity contribution in [3.8, 4) is 17.2 Å². The van der Waals surface area contributed by atoms with Crippen LogP contribution in [-0.2, 0) is 6.42 Å². The van der Waals surface area contributed by atoms with Gasteiger partial charge in [0.2, 0.25) is 0 Å². The molecule has 0 unspecified atom stereocenters. The molecule has 0 bridgehead atoms. The molecule has 0 saturated heterocycles. The van der Waals surface area contributed by atoms with Gasteiger partial charge in [0.15, 0.2) is 0 Å². The van der Waals surface area contributed by atoms with E-state index in [1.54, 1.807) is 18.6 Å². The molecule has 0 fully saturated rings. The smallest absolute Gasteiger partial charge is 0.101 e. The zero-order valence-corrected chi connectivity index (χ0v) is 9.01. The Hall–Kier alpha value is -2.21. The molecular formula is C13H11N3. The summed E-state index contributed by atoms with van der Waals surface area (Å²) in [6.45, 7) is 2.00. The Bertz CT molecular complexity index is 527. The lowest BCUT2D eigenvalue weighted by molar-refractivity contribution is 1.03. The third-order valence-corrected chi connectivity index (χ3v) is 2.44. The van der Waals surface area contributed by atoms with Crippen LogP contribution < -0.4 is 0 Å². The van der Waals surface area contributed by atoms with Crippen LogP contribution >= 0.6 is 0 Å². The summed E-state index contributed by atoms with van der Waals surface area (Å²) < 4.78 is 0. The highest BCUT2D eigenvalue weighted by Crippen LogP contribution is 2.19. The van der Waals surface area contributed by atoms with Crippen molar-refractivity contribution in [3.05, 3.63) is 48.0 Å². The average molecular weight is 209 g/mol. The van der Waals surface area contributed by atoms with Gasteiger partial charge in [0.25, 0.3) is 0 Å². The van der Waals surface area contributed by atoms with Crippen molar-refractivity contribution in [3.63, 3.8) is 0 Å². The van der Waals surface area contributed by atoms with Gasteiger partial charge in [-0.25, -0.2) is 0 Å². The lowest BCUT2D eigenvalue weighted by atomic mass is 10.1. The monoisotopic (exact) mass is 209 g/mol. The number of nitriles is 1. The highest BCUT2D eigenvalue weighted by molar-refractivity contribution is 5.63. The normalized spacial score (nSPS) is 9.75. The van der Waals surface area contributed by atoms with Crippen molar-refractivity contribution in [2.45, 2.75) is 13.3 Å². The van der Waals surface area contributed by atoms with E-state index in [1.165, 1.54) is 0 Å². The molecule has 0 radical (unpaired) electrons. The Balaban J connectivity index is 2.49. The van der Waals surface area contributed by atoms with E-state index in [2.05, 4.69) is 16.0 Å². The summed E-state index contributed by atoms with van der Waals surface area (Å²) in [5, 5.41) is 9.02. The second-order valence-corrected chi connectivity index (χ2v) is 3.42. The Morgan fingerprint density at radius 3 is 2.62 bits per heavy atom. The van der Waals surface area contributed by atoms with Crippen LogP contribution in [0.1, 0.15) is 18.2 Å². The molecule has 0 aliphatic rings. The van der Waals surface area contributed by atoms with Gasteiger partial charge in [-0.2, -0.15) is 5.26 Å². The maximum Gasteiger partial charge on any atom is 0.101 e. The number of rotatable bonds is 2.